The van der Waals surface area contributed by atoms with Gasteiger partial charge in [0.15, 0.2) is 5.78 Å². The van der Waals surface area contributed by atoms with Crippen LogP contribution in [0.2, 0.25) is 0 Å². The van der Waals surface area contributed by atoms with Crippen molar-refractivity contribution >= 4 is 17.8 Å². The third kappa shape index (κ3) is 3.28. The average Bonchev–Trinajstić information content (AvgIpc) is 2.35. The average molecular weight is 229 g/mol. The number of nitrogens with zero attached hydrogens (tertiary/aromatic N) is 1. The van der Waals surface area contributed by atoms with Gasteiger partial charge in [0.2, 0.25) is 0 Å². The minimum absolute atomic E-state index is 0.0165. The summed E-state index contributed by atoms with van der Waals surface area (Å²) < 4.78 is 4.51. The summed E-state index contributed by atoms with van der Waals surface area (Å²) >= 11 is 0. The largest absolute Gasteiger partial charge is 0.465 e. The Balaban J connectivity index is 3.09. The summed E-state index contributed by atoms with van der Waals surface area (Å²) in [6.45, 7) is 1.30. The number of benzene rings is 1. The molecule has 0 N–H and O–H groups in total. The summed E-state index contributed by atoms with van der Waals surface area (Å²) in [5.41, 5.74) is 1.17. The van der Waals surface area contributed by atoms with E-state index < -0.39 is 5.97 Å². The van der Waals surface area contributed by atoms with E-state index in [1.807, 2.05) is 6.07 Å². The summed E-state index contributed by atoms with van der Waals surface area (Å²) in [7, 11) is 1.22. The first-order valence-corrected chi connectivity index (χ1v) is 4.89. The number of nitriles is 1. The first-order chi connectivity index (χ1) is 8.08. The van der Waals surface area contributed by atoms with Crippen molar-refractivity contribution in [3.8, 4) is 6.07 Å². The number of methoxy groups -OCH3 is 1. The summed E-state index contributed by atoms with van der Waals surface area (Å²) in [5.74, 6) is -1.02. The predicted molar refractivity (Wildman–Crippen MR) is 61.8 cm³/mol. The molecule has 4 heteroatoms. The molecule has 1 aromatic carbocycles. The molecule has 17 heavy (non-hydrogen) atoms. The number of Topliss-reactive ketones (excluding diaryl/α,β-unsaturated/α-hetero) is 1. The fraction of sp³-hybridized carbons (Fsp3) is 0.154. The van der Waals surface area contributed by atoms with Crippen molar-refractivity contribution in [3.63, 3.8) is 0 Å². The van der Waals surface area contributed by atoms with Crippen LogP contribution in [0.3, 0.4) is 0 Å². The van der Waals surface area contributed by atoms with Crippen LogP contribution in [0.5, 0.6) is 0 Å². The van der Waals surface area contributed by atoms with E-state index >= 15 is 0 Å². The number of ether oxygens (including phenoxy) is 1. The molecule has 86 valence electrons. The Labute approximate surface area is 99.1 Å². The Hall–Kier alpha value is -2.41. The highest BCUT2D eigenvalue weighted by Gasteiger charge is 2.14. The Bertz CT molecular complexity index is 506. The van der Waals surface area contributed by atoms with Crippen molar-refractivity contribution in [1.82, 2.24) is 0 Å². The second kappa shape index (κ2) is 5.61. The van der Waals surface area contributed by atoms with E-state index in [9.17, 15) is 9.59 Å². The molecule has 0 aromatic heterocycles. The molecule has 0 fully saturated rings. The van der Waals surface area contributed by atoms with Crippen LogP contribution < -0.4 is 0 Å². The number of ketones is 1. The number of esters is 1. The lowest BCUT2D eigenvalue weighted by Crippen LogP contribution is -2.11. The van der Waals surface area contributed by atoms with Crippen molar-refractivity contribution in [2.75, 3.05) is 7.11 Å². The highest BCUT2D eigenvalue weighted by molar-refractivity contribution is 6.19. The predicted octanol–water partition coefficient (Wildman–Crippen LogP) is 1.70. The molecule has 0 bridgehead atoms. The van der Waals surface area contributed by atoms with Crippen molar-refractivity contribution in [3.05, 3.63) is 41.0 Å². The lowest BCUT2D eigenvalue weighted by Gasteiger charge is -2.01. The topological polar surface area (TPSA) is 67.2 Å². The fourth-order valence-corrected chi connectivity index (χ4v) is 1.23. The van der Waals surface area contributed by atoms with E-state index in [0.717, 1.165) is 0 Å². The Morgan fingerprint density at radius 3 is 2.29 bits per heavy atom. The Morgan fingerprint density at radius 1 is 1.29 bits per heavy atom. The molecule has 0 spiro atoms. The molecule has 0 heterocycles. The molecular weight excluding hydrogens is 218 g/mol. The van der Waals surface area contributed by atoms with Crippen LogP contribution in [0, 0.1) is 11.3 Å². The van der Waals surface area contributed by atoms with Gasteiger partial charge in [0.05, 0.1) is 18.7 Å². The fourth-order valence-electron chi connectivity index (χ4n) is 1.23. The van der Waals surface area contributed by atoms with Crippen molar-refractivity contribution in [1.29, 1.82) is 5.26 Å². The summed E-state index contributed by atoms with van der Waals surface area (Å²) in [6, 6.07) is 8.52. The summed E-state index contributed by atoms with van der Waals surface area (Å²) in [5, 5.41) is 8.63. The smallest absolute Gasteiger partial charge is 0.341 e. The number of carbonyl (C=O) groups excluding carboxylic acids is 2. The lowest BCUT2D eigenvalue weighted by molar-refractivity contribution is -0.137. The molecule has 0 saturated heterocycles. The van der Waals surface area contributed by atoms with E-state index in [2.05, 4.69) is 4.74 Å². The minimum Gasteiger partial charge on any atom is -0.465 e. The molecule has 0 unspecified atom stereocenters. The van der Waals surface area contributed by atoms with Crippen LogP contribution in [0.25, 0.3) is 6.08 Å². The number of carbonyl (C=O) groups is 2. The first kappa shape index (κ1) is 12.7. The van der Waals surface area contributed by atoms with Gasteiger partial charge >= 0.3 is 5.97 Å². The van der Waals surface area contributed by atoms with Gasteiger partial charge in [0, 0.05) is 0 Å². The van der Waals surface area contributed by atoms with E-state index in [4.69, 9.17) is 5.26 Å². The van der Waals surface area contributed by atoms with Crippen LogP contribution in [0.4, 0.5) is 0 Å². The van der Waals surface area contributed by atoms with Crippen LogP contribution in [0.1, 0.15) is 18.1 Å². The van der Waals surface area contributed by atoms with Crippen molar-refractivity contribution in [2.24, 2.45) is 0 Å². The molecule has 1 aromatic rings. The normalized spacial score (nSPS) is 10.5. The molecule has 0 atom stereocenters. The van der Waals surface area contributed by atoms with Crippen LogP contribution >= 0.6 is 0 Å². The van der Waals surface area contributed by atoms with Gasteiger partial charge in [-0.05, 0) is 30.7 Å². The van der Waals surface area contributed by atoms with Crippen molar-refractivity contribution < 1.29 is 14.3 Å². The molecule has 0 aliphatic heterocycles. The highest BCUT2D eigenvalue weighted by atomic mass is 16.5. The highest BCUT2D eigenvalue weighted by Crippen LogP contribution is 2.10. The molecule has 1 rings (SSSR count). The van der Waals surface area contributed by atoms with Gasteiger partial charge in [0.25, 0.3) is 0 Å². The molecule has 0 amide bonds. The van der Waals surface area contributed by atoms with Gasteiger partial charge in [-0.15, -0.1) is 0 Å². The van der Waals surface area contributed by atoms with Gasteiger partial charge < -0.3 is 4.74 Å². The maximum Gasteiger partial charge on any atom is 0.341 e. The van der Waals surface area contributed by atoms with Crippen LogP contribution in [0.15, 0.2) is 29.8 Å². The molecule has 0 aliphatic rings. The van der Waals surface area contributed by atoms with E-state index in [1.165, 1.54) is 20.1 Å². The third-order valence-electron chi connectivity index (χ3n) is 2.14. The van der Waals surface area contributed by atoms with Crippen molar-refractivity contribution in [2.45, 2.75) is 6.92 Å². The zero-order valence-corrected chi connectivity index (χ0v) is 9.56. The second-order valence-corrected chi connectivity index (χ2v) is 3.34. The zero-order chi connectivity index (χ0) is 12.8. The number of hydrogen-bond donors (Lipinski definition) is 0. The molecule has 4 nitrogen and oxygen atoms in total. The Kier molecular flexibility index (Phi) is 4.18. The van der Waals surface area contributed by atoms with Gasteiger partial charge in [-0.1, -0.05) is 12.1 Å². The standard InChI is InChI=1S/C13H11NO3/c1-9(15)12(13(16)17-2)7-10-3-5-11(8-14)6-4-10/h3-7H,1-2H3. The lowest BCUT2D eigenvalue weighted by atomic mass is 10.1. The molecule has 0 saturated carbocycles. The second-order valence-electron chi connectivity index (χ2n) is 3.34. The zero-order valence-electron chi connectivity index (χ0n) is 9.56. The minimum atomic E-state index is -0.665. The van der Waals surface area contributed by atoms with Gasteiger partial charge in [-0.3, -0.25) is 4.79 Å². The van der Waals surface area contributed by atoms with Crippen LogP contribution in [-0.4, -0.2) is 18.9 Å². The SMILES string of the molecule is COC(=O)C(=Cc1ccc(C#N)cc1)C(C)=O. The van der Waals surface area contributed by atoms with Gasteiger partial charge in [0.1, 0.15) is 5.57 Å². The Morgan fingerprint density at radius 2 is 1.88 bits per heavy atom. The summed E-state index contributed by atoms with van der Waals surface area (Å²) in [6.07, 6.45) is 1.44. The first-order valence-electron chi connectivity index (χ1n) is 4.89. The third-order valence-corrected chi connectivity index (χ3v) is 2.14. The molecule has 0 radical (unpaired) electrons. The monoisotopic (exact) mass is 229 g/mol. The maximum absolute atomic E-state index is 11.3. The number of rotatable bonds is 3. The van der Waals surface area contributed by atoms with Gasteiger partial charge in [-0.2, -0.15) is 5.26 Å². The molecule has 0 aliphatic carbocycles. The van der Waals surface area contributed by atoms with Crippen LogP contribution in [-0.2, 0) is 14.3 Å². The van der Waals surface area contributed by atoms with E-state index in [-0.39, 0.29) is 11.4 Å². The van der Waals surface area contributed by atoms with Gasteiger partial charge in [-0.25, -0.2) is 4.79 Å². The van der Waals surface area contributed by atoms with E-state index in [1.54, 1.807) is 24.3 Å². The maximum atomic E-state index is 11.3. The molecular formula is C13H11NO3. The number of hydrogen-bond acceptors (Lipinski definition) is 4. The van der Waals surface area contributed by atoms with E-state index in [0.29, 0.717) is 11.1 Å². The summed E-state index contributed by atoms with van der Waals surface area (Å²) in [4.78, 5) is 22.6. The quantitative estimate of drug-likeness (QED) is 0.342.